The molecule has 0 bridgehead atoms. The summed E-state index contributed by atoms with van der Waals surface area (Å²) in [4.78, 5) is 12.1. The number of hydrogen-bond acceptors (Lipinski definition) is 2. The highest BCUT2D eigenvalue weighted by atomic mass is 79.9. The Labute approximate surface area is 124 Å². The smallest absolute Gasteiger partial charge is 0.224 e. The van der Waals surface area contributed by atoms with Gasteiger partial charge in [-0.15, -0.1) is 0 Å². The van der Waals surface area contributed by atoms with Crippen LogP contribution in [0.1, 0.15) is 18.4 Å². The molecular weight excluding hydrogens is 332 g/mol. The molecule has 3 nitrogen and oxygen atoms in total. The number of alkyl halides is 1. The van der Waals surface area contributed by atoms with Crippen molar-refractivity contribution in [2.75, 3.05) is 18.5 Å². The maximum atomic E-state index is 13.1. The van der Waals surface area contributed by atoms with Crippen molar-refractivity contribution in [2.24, 2.45) is 0 Å². The van der Waals surface area contributed by atoms with Crippen LogP contribution >= 0.6 is 15.9 Å². The monoisotopic (exact) mass is 347 g/mol. The van der Waals surface area contributed by atoms with Crippen molar-refractivity contribution in [1.29, 1.82) is 0 Å². The molecule has 0 spiro atoms. The van der Waals surface area contributed by atoms with Crippen LogP contribution in [0.5, 0.6) is 0 Å². The Bertz CT molecular complexity index is 490. The molecule has 0 saturated carbocycles. The summed E-state index contributed by atoms with van der Waals surface area (Å²) in [6, 6.07) is 3.51. The van der Waals surface area contributed by atoms with Crippen LogP contribution in [0, 0.1) is 11.6 Å². The fourth-order valence-electron chi connectivity index (χ4n) is 2.23. The molecule has 1 aromatic rings. The lowest BCUT2D eigenvalue weighted by molar-refractivity contribution is -0.123. The van der Waals surface area contributed by atoms with Gasteiger partial charge in [0.1, 0.15) is 0 Å². The number of carbonyl (C=O) groups excluding carboxylic acids is 1. The summed E-state index contributed by atoms with van der Waals surface area (Å²) in [5.41, 5.74) is 0.145. The van der Waals surface area contributed by atoms with Gasteiger partial charge in [0.2, 0.25) is 5.91 Å². The topological polar surface area (TPSA) is 38.3 Å². The third-order valence-corrected chi connectivity index (χ3v) is 4.53. The predicted octanol–water partition coefficient (Wildman–Crippen LogP) is 2.57. The van der Waals surface area contributed by atoms with E-state index in [-0.39, 0.29) is 17.9 Å². The Morgan fingerprint density at radius 2 is 2.00 bits per heavy atom. The van der Waals surface area contributed by atoms with Gasteiger partial charge in [0.25, 0.3) is 0 Å². The molecular formula is C14H16BrF2NO2. The van der Waals surface area contributed by atoms with Crippen LogP contribution in [0.2, 0.25) is 0 Å². The molecule has 1 amide bonds. The van der Waals surface area contributed by atoms with E-state index in [1.807, 2.05) is 0 Å². The van der Waals surface area contributed by atoms with Crippen LogP contribution in [0.15, 0.2) is 18.2 Å². The Morgan fingerprint density at radius 1 is 1.30 bits per heavy atom. The van der Waals surface area contributed by atoms with E-state index in [1.165, 1.54) is 6.07 Å². The summed E-state index contributed by atoms with van der Waals surface area (Å²) in [5, 5.41) is 3.63. The molecule has 1 aromatic carbocycles. The average Bonchev–Trinajstić information content (AvgIpc) is 2.44. The van der Waals surface area contributed by atoms with Crippen LogP contribution in [0.3, 0.4) is 0 Å². The van der Waals surface area contributed by atoms with Gasteiger partial charge in [-0.25, -0.2) is 8.78 Å². The maximum absolute atomic E-state index is 13.1. The molecule has 0 aliphatic carbocycles. The van der Waals surface area contributed by atoms with Gasteiger partial charge in [-0.1, -0.05) is 22.0 Å². The molecule has 0 atom stereocenters. The van der Waals surface area contributed by atoms with Gasteiger partial charge in [0.15, 0.2) is 11.6 Å². The van der Waals surface area contributed by atoms with Gasteiger partial charge in [-0.3, -0.25) is 4.79 Å². The molecule has 1 saturated heterocycles. The second-order valence-electron chi connectivity index (χ2n) is 5.00. The van der Waals surface area contributed by atoms with Gasteiger partial charge in [0, 0.05) is 18.5 Å². The predicted molar refractivity (Wildman–Crippen MR) is 74.8 cm³/mol. The highest BCUT2D eigenvalue weighted by molar-refractivity contribution is 9.09. The van der Waals surface area contributed by atoms with E-state index in [0.29, 0.717) is 24.1 Å². The fraction of sp³-hybridized carbons (Fsp3) is 0.500. The first-order chi connectivity index (χ1) is 9.54. The van der Waals surface area contributed by atoms with Gasteiger partial charge >= 0.3 is 0 Å². The zero-order chi connectivity index (χ0) is 14.6. The number of benzene rings is 1. The largest absolute Gasteiger partial charge is 0.381 e. The minimum absolute atomic E-state index is 0.0345. The Kier molecular flexibility index (Phi) is 5.10. The first-order valence-electron chi connectivity index (χ1n) is 6.43. The lowest BCUT2D eigenvalue weighted by atomic mass is 9.92. The van der Waals surface area contributed by atoms with E-state index >= 15 is 0 Å². The van der Waals surface area contributed by atoms with Gasteiger partial charge in [0.05, 0.1) is 12.0 Å². The normalized spacial score (nSPS) is 17.8. The Hall–Kier alpha value is -1.01. The highest BCUT2D eigenvalue weighted by Crippen LogP contribution is 2.23. The van der Waals surface area contributed by atoms with Crippen molar-refractivity contribution in [2.45, 2.75) is 24.8 Å². The minimum atomic E-state index is -0.934. The molecule has 6 heteroatoms. The van der Waals surface area contributed by atoms with Crippen molar-refractivity contribution >= 4 is 21.8 Å². The third kappa shape index (κ3) is 3.76. The zero-order valence-corrected chi connectivity index (χ0v) is 12.5. The number of rotatable bonds is 4. The van der Waals surface area contributed by atoms with Crippen molar-refractivity contribution < 1.29 is 18.3 Å². The van der Waals surface area contributed by atoms with Crippen molar-refractivity contribution in [1.82, 2.24) is 5.32 Å². The van der Waals surface area contributed by atoms with E-state index < -0.39 is 11.6 Å². The van der Waals surface area contributed by atoms with E-state index in [9.17, 15) is 13.6 Å². The molecule has 1 heterocycles. The molecule has 20 heavy (non-hydrogen) atoms. The third-order valence-electron chi connectivity index (χ3n) is 3.46. The van der Waals surface area contributed by atoms with Gasteiger partial charge in [-0.2, -0.15) is 0 Å². The standard InChI is InChI=1S/C14H16BrF2NO2/c15-9-14(3-5-20-6-4-14)18-13(19)8-10-1-2-11(16)12(17)7-10/h1-2,7H,3-6,8-9H2,(H,18,19). The summed E-state index contributed by atoms with van der Waals surface area (Å²) in [6.07, 6.45) is 1.51. The van der Waals surface area contributed by atoms with Crippen LogP contribution in [0.25, 0.3) is 0 Å². The average molecular weight is 348 g/mol. The van der Waals surface area contributed by atoms with Crippen molar-refractivity contribution in [3.8, 4) is 0 Å². The summed E-state index contributed by atoms with van der Waals surface area (Å²) < 4.78 is 31.2. The second kappa shape index (κ2) is 6.63. The quantitative estimate of drug-likeness (QED) is 0.850. The summed E-state index contributed by atoms with van der Waals surface area (Å²) >= 11 is 3.42. The van der Waals surface area contributed by atoms with Crippen LogP contribution < -0.4 is 5.32 Å². The van der Waals surface area contributed by atoms with Gasteiger partial charge < -0.3 is 10.1 Å². The number of hydrogen-bond donors (Lipinski definition) is 1. The Morgan fingerprint density at radius 3 is 2.60 bits per heavy atom. The first kappa shape index (κ1) is 15.4. The number of amides is 1. The molecule has 0 aromatic heterocycles. The Balaban J connectivity index is 1.98. The van der Waals surface area contributed by atoms with E-state index in [0.717, 1.165) is 25.0 Å². The first-order valence-corrected chi connectivity index (χ1v) is 7.55. The SMILES string of the molecule is O=C(Cc1ccc(F)c(F)c1)NC1(CBr)CCOCC1. The lowest BCUT2D eigenvalue weighted by Crippen LogP contribution is -2.53. The molecule has 0 unspecified atom stereocenters. The molecule has 1 N–H and O–H groups in total. The zero-order valence-electron chi connectivity index (χ0n) is 10.9. The minimum Gasteiger partial charge on any atom is -0.381 e. The van der Waals surface area contributed by atoms with E-state index in [4.69, 9.17) is 4.74 Å². The lowest BCUT2D eigenvalue weighted by Gasteiger charge is -2.36. The van der Waals surface area contributed by atoms with E-state index in [2.05, 4.69) is 21.2 Å². The van der Waals surface area contributed by atoms with Crippen molar-refractivity contribution in [3.05, 3.63) is 35.4 Å². The number of ether oxygens (including phenoxy) is 1. The molecule has 1 aliphatic heterocycles. The molecule has 2 rings (SSSR count). The highest BCUT2D eigenvalue weighted by Gasteiger charge is 2.32. The second-order valence-corrected chi connectivity index (χ2v) is 5.56. The summed E-state index contributed by atoms with van der Waals surface area (Å²) in [6.45, 7) is 1.22. The van der Waals surface area contributed by atoms with Crippen LogP contribution in [-0.2, 0) is 16.0 Å². The molecule has 110 valence electrons. The number of carbonyl (C=O) groups is 1. The van der Waals surface area contributed by atoms with Gasteiger partial charge in [-0.05, 0) is 30.5 Å². The van der Waals surface area contributed by atoms with Crippen molar-refractivity contribution in [3.63, 3.8) is 0 Å². The fourth-order valence-corrected chi connectivity index (χ4v) is 2.93. The van der Waals surface area contributed by atoms with E-state index in [1.54, 1.807) is 0 Å². The molecule has 1 aliphatic rings. The number of nitrogens with one attached hydrogen (secondary N) is 1. The summed E-state index contributed by atoms with van der Waals surface area (Å²) in [7, 11) is 0. The molecule has 0 radical (unpaired) electrons. The summed E-state index contributed by atoms with van der Waals surface area (Å²) in [5.74, 6) is -2.04. The van der Waals surface area contributed by atoms with Crippen LogP contribution in [0.4, 0.5) is 8.78 Å². The maximum Gasteiger partial charge on any atom is 0.224 e. The van der Waals surface area contributed by atoms with Crippen LogP contribution in [-0.4, -0.2) is 30.0 Å². The molecule has 1 fully saturated rings. The number of halogens is 3.